The van der Waals surface area contributed by atoms with Gasteiger partial charge >= 0.3 is 0 Å². The fourth-order valence-corrected chi connectivity index (χ4v) is 4.96. The number of carbonyl (C=O) groups excluding carboxylic acids is 1. The molecule has 0 unspecified atom stereocenters. The smallest absolute Gasteiger partial charge is 0.263 e. The van der Waals surface area contributed by atoms with Gasteiger partial charge in [0.05, 0.1) is 28.1 Å². The number of fused-ring (bicyclic) bond motifs is 2. The SMILES string of the molecule is C=CCn1c(N2CCN(C(=O)COc3cc(OC)c(Cl)cc3Cl)CC2)nc2cc3c(cc2c1=O)OCCO3. The highest BCUT2D eigenvalue weighted by atomic mass is 35.5. The predicted molar refractivity (Wildman–Crippen MR) is 144 cm³/mol. The number of allylic oxidation sites excluding steroid dienone is 1. The van der Waals surface area contributed by atoms with Crippen molar-refractivity contribution in [2.75, 3.05) is 58.0 Å². The molecule has 0 spiro atoms. The number of nitrogens with zero attached hydrogens (tertiary/aromatic N) is 4. The Kier molecular flexibility index (Phi) is 7.53. The standard InChI is InChI=1S/C26H26Cl2N4O6/c1-3-4-32-25(34)16-11-22-23(37-10-9-36-22)13-19(16)29-26(32)31-7-5-30(6-8-31)24(33)15-38-21-14-20(35-2)17(27)12-18(21)28/h3,11-14H,1,4-10,15H2,2H3. The predicted octanol–water partition coefficient (Wildman–Crippen LogP) is 3.40. The molecule has 0 atom stereocenters. The highest BCUT2D eigenvalue weighted by Gasteiger charge is 2.26. The molecular weight excluding hydrogens is 535 g/mol. The van der Waals surface area contributed by atoms with Gasteiger partial charge in [0.1, 0.15) is 24.7 Å². The molecule has 38 heavy (non-hydrogen) atoms. The molecule has 1 aromatic heterocycles. The summed E-state index contributed by atoms with van der Waals surface area (Å²) in [5.74, 6) is 2.14. The van der Waals surface area contributed by atoms with Gasteiger partial charge in [-0.2, -0.15) is 0 Å². The molecule has 1 fully saturated rings. The average molecular weight is 561 g/mol. The fraction of sp³-hybridized carbons (Fsp3) is 0.346. The maximum atomic E-state index is 13.4. The van der Waals surface area contributed by atoms with E-state index in [2.05, 4.69) is 6.58 Å². The number of amides is 1. The summed E-state index contributed by atoms with van der Waals surface area (Å²) < 4.78 is 23.7. The average Bonchev–Trinajstić information content (AvgIpc) is 2.93. The van der Waals surface area contributed by atoms with Crippen LogP contribution in [0.25, 0.3) is 10.9 Å². The van der Waals surface area contributed by atoms with Gasteiger partial charge in [0.2, 0.25) is 5.95 Å². The van der Waals surface area contributed by atoms with Gasteiger partial charge in [0, 0.05) is 44.9 Å². The number of halogens is 2. The molecule has 3 aromatic rings. The lowest BCUT2D eigenvalue weighted by Gasteiger charge is -2.36. The van der Waals surface area contributed by atoms with Gasteiger partial charge in [-0.25, -0.2) is 4.98 Å². The summed E-state index contributed by atoms with van der Waals surface area (Å²) in [5, 5.41) is 1.09. The Bertz CT molecular complexity index is 1450. The van der Waals surface area contributed by atoms with Crippen LogP contribution in [0.15, 0.2) is 41.7 Å². The molecule has 2 aliphatic rings. The lowest BCUT2D eigenvalue weighted by molar-refractivity contribution is -0.133. The Morgan fingerprint density at radius 1 is 1.05 bits per heavy atom. The largest absolute Gasteiger partial charge is 0.495 e. The second-order valence-corrected chi connectivity index (χ2v) is 9.52. The van der Waals surface area contributed by atoms with Crippen LogP contribution in [0.2, 0.25) is 10.0 Å². The van der Waals surface area contributed by atoms with E-state index in [-0.39, 0.29) is 23.1 Å². The Labute approximate surface area is 228 Å². The van der Waals surface area contributed by atoms with Gasteiger partial charge in [0.15, 0.2) is 18.1 Å². The Morgan fingerprint density at radius 3 is 2.42 bits per heavy atom. The summed E-state index contributed by atoms with van der Waals surface area (Å²) in [4.78, 5) is 34.8. The molecule has 12 heteroatoms. The first kappa shape index (κ1) is 26.0. The highest BCUT2D eigenvalue weighted by molar-refractivity contribution is 6.36. The van der Waals surface area contributed by atoms with Crippen LogP contribution in [0.3, 0.4) is 0 Å². The molecule has 10 nitrogen and oxygen atoms in total. The van der Waals surface area contributed by atoms with Crippen molar-refractivity contribution in [1.29, 1.82) is 0 Å². The lowest BCUT2D eigenvalue weighted by atomic mass is 10.2. The second-order valence-electron chi connectivity index (χ2n) is 8.70. The normalized spacial score (nSPS) is 14.9. The summed E-state index contributed by atoms with van der Waals surface area (Å²) in [5.41, 5.74) is 0.334. The number of hydrogen-bond donors (Lipinski definition) is 0. The zero-order valence-electron chi connectivity index (χ0n) is 20.7. The van der Waals surface area contributed by atoms with E-state index in [1.54, 1.807) is 33.7 Å². The van der Waals surface area contributed by atoms with Crippen LogP contribution in [0.5, 0.6) is 23.0 Å². The van der Waals surface area contributed by atoms with Crippen molar-refractivity contribution >= 4 is 46.0 Å². The van der Waals surface area contributed by atoms with E-state index in [0.29, 0.717) is 90.8 Å². The number of ether oxygens (including phenoxy) is 4. The van der Waals surface area contributed by atoms with Gasteiger partial charge in [-0.15, -0.1) is 6.58 Å². The molecule has 0 N–H and O–H groups in total. The van der Waals surface area contributed by atoms with Crippen molar-refractivity contribution < 1.29 is 23.7 Å². The van der Waals surface area contributed by atoms with Crippen LogP contribution >= 0.6 is 23.2 Å². The van der Waals surface area contributed by atoms with Gasteiger partial charge in [-0.3, -0.25) is 14.2 Å². The molecule has 1 amide bonds. The first-order valence-corrected chi connectivity index (χ1v) is 12.8. The topological polar surface area (TPSA) is 95.4 Å². The van der Waals surface area contributed by atoms with E-state index in [1.165, 1.54) is 13.2 Å². The Morgan fingerprint density at radius 2 is 1.74 bits per heavy atom. The fourth-order valence-electron chi connectivity index (χ4n) is 4.45. The molecule has 2 aliphatic heterocycles. The maximum absolute atomic E-state index is 13.4. The lowest BCUT2D eigenvalue weighted by Crippen LogP contribution is -2.51. The third-order valence-electron chi connectivity index (χ3n) is 6.38. The van der Waals surface area contributed by atoms with Crippen molar-refractivity contribution in [2.24, 2.45) is 0 Å². The minimum Gasteiger partial charge on any atom is -0.495 e. The third-order valence-corrected chi connectivity index (χ3v) is 6.97. The Hall–Kier alpha value is -3.63. The Balaban J connectivity index is 1.31. The summed E-state index contributed by atoms with van der Waals surface area (Å²) in [7, 11) is 1.48. The minimum absolute atomic E-state index is 0.187. The number of anilines is 1. The van der Waals surface area contributed by atoms with Crippen molar-refractivity contribution in [2.45, 2.75) is 6.54 Å². The zero-order chi connectivity index (χ0) is 26.8. The van der Waals surface area contributed by atoms with Gasteiger partial charge in [0.25, 0.3) is 11.5 Å². The molecule has 1 saturated heterocycles. The molecule has 0 radical (unpaired) electrons. The van der Waals surface area contributed by atoms with Crippen LogP contribution in [0.1, 0.15) is 0 Å². The summed E-state index contributed by atoms with van der Waals surface area (Å²) >= 11 is 12.3. The van der Waals surface area contributed by atoms with Crippen LogP contribution < -0.4 is 29.4 Å². The van der Waals surface area contributed by atoms with E-state index in [0.717, 1.165) is 0 Å². The summed E-state index contributed by atoms with van der Waals surface area (Å²) in [6.07, 6.45) is 1.66. The molecule has 5 rings (SSSR count). The molecule has 2 aromatic carbocycles. The van der Waals surface area contributed by atoms with Crippen LogP contribution in [0.4, 0.5) is 5.95 Å². The molecule has 0 bridgehead atoms. The van der Waals surface area contributed by atoms with E-state index in [1.807, 2.05) is 4.90 Å². The number of aromatic nitrogens is 2. The number of methoxy groups -OCH3 is 1. The molecular formula is C26H26Cl2N4O6. The third kappa shape index (κ3) is 5.06. The number of carbonyl (C=O) groups is 1. The van der Waals surface area contributed by atoms with Crippen molar-refractivity contribution in [3.63, 3.8) is 0 Å². The first-order chi connectivity index (χ1) is 18.4. The molecule has 0 aliphatic carbocycles. The monoisotopic (exact) mass is 560 g/mol. The summed E-state index contributed by atoms with van der Waals surface area (Å²) in [6, 6.07) is 6.48. The van der Waals surface area contributed by atoms with Crippen LogP contribution in [0, 0.1) is 0 Å². The zero-order valence-corrected chi connectivity index (χ0v) is 22.3. The molecule has 0 saturated carbocycles. The van der Waals surface area contributed by atoms with Gasteiger partial charge in [-0.1, -0.05) is 29.3 Å². The van der Waals surface area contributed by atoms with E-state index in [9.17, 15) is 9.59 Å². The second kappa shape index (κ2) is 11.0. The number of rotatable bonds is 7. The quantitative estimate of drug-likeness (QED) is 0.406. The van der Waals surface area contributed by atoms with Crippen molar-refractivity contribution in [3.05, 3.63) is 57.3 Å². The maximum Gasteiger partial charge on any atom is 0.263 e. The van der Waals surface area contributed by atoms with Gasteiger partial charge in [-0.05, 0) is 12.1 Å². The van der Waals surface area contributed by atoms with Crippen molar-refractivity contribution in [1.82, 2.24) is 14.5 Å². The van der Waals surface area contributed by atoms with Crippen LogP contribution in [-0.2, 0) is 11.3 Å². The summed E-state index contributed by atoms with van der Waals surface area (Å²) in [6.45, 7) is 6.61. The minimum atomic E-state index is -0.191. The van der Waals surface area contributed by atoms with E-state index < -0.39 is 0 Å². The number of benzene rings is 2. The van der Waals surface area contributed by atoms with Crippen molar-refractivity contribution in [3.8, 4) is 23.0 Å². The molecule has 200 valence electrons. The first-order valence-electron chi connectivity index (χ1n) is 12.0. The molecule has 3 heterocycles. The highest BCUT2D eigenvalue weighted by Crippen LogP contribution is 2.36. The number of hydrogen-bond acceptors (Lipinski definition) is 8. The van der Waals surface area contributed by atoms with E-state index >= 15 is 0 Å². The van der Waals surface area contributed by atoms with E-state index in [4.69, 9.17) is 47.1 Å². The number of piperazine rings is 1. The van der Waals surface area contributed by atoms with Gasteiger partial charge < -0.3 is 28.7 Å². The van der Waals surface area contributed by atoms with Crippen LogP contribution in [-0.4, -0.2) is 73.5 Å².